The lowest BCUT2D eigenvalue weighted by Gasteiger charge is -2.22. The van der Waals surface area contributed by atoms with E-state index >= 15 is 0 Å². The topological polar surface area (TPSA) is 23.5 Å². The smallest absolute Gasteiger partial charge is 0.0772 e. The van der Waals surface area contributed by atoms with E-state index in [9.17, 15) is 5.11 Å². The monoisotopic (exact) mass is 285 g/mol. The number of aliphatic hydroxyl groups excluding tert-OH is 1. The summed E-state index contributed by atoms with van der Waals surface area (Å²) >= 11 is 3.50. The summed E-state index contributed by atoms with van der Waals surface area (Å²) in [5.74, 6) is 0.639. The van der Waals surface area contributed by atoms with Crippen LogP contribution in [0, 0.1) is 5.92 Å². The van der Waals surface area contributed by atoms with Gasteiger partial charge in [0, 0.05) is 23.8 Å². The Labute approximate surface area is 106 Å². The highest BCUT2D eigenvalue weighted by Crippen LogP contribution is 2.28. The quantitative estimate of drug-likeness (QED) is 0.914. The summed E-state index contributed by atoms with van der Waals surface area (Å²) in [6.07, 6.45) is -0.432. The summed E-state index contributed by atoms with van der Waals surface area (Å²) in [5, 5.41) is 9.54. The van der Waals surface area contributed by atoms with Crippen molar-refractivity contribution < 1.29 is 5.11 Å². The molecule has 2 nitrogen and oxygen atoms in total. The number of rotatable bonds is 4. The number of hydrogen-bond acceptors (Lipinski definition) is 2. The molecule has 90 valence electrons. The fourth-order valence-corrected chi connectivity index (χ4v) is 2.44. The van der Waals surface area contributed by atoms with Crippen molar-refractivity contribution in [1.29, 1.82) is 0 Å². The van der Waals surface area contributed by atoms with Gasteiger partial charge in [0.2, 0.25) is 0 Å². The Hall–Kier alpha value is -0.540. The van der Waals surface area contributed by atoms with Gasteiger partial charge in [-0.05, 0) is 30.5 Å². The van der Waals surface area contributed by atoms with Gasteiger partial charge in [-0.1, -0.05) is 35.8 Å². The minimum absolute atomic E-state index is 0.432. The van der Waals surface area contributed by atoms with E-state index in [-0.39, 0.29) is 0 Å². The lowest BCUT2D eigenvalue weighted by molar-refractivity contribution is 0.198. The van der Waals surface area contributed by atoms with Crippen molar-refractivity contribution in [3.63, 3.8) is 0 Å². The van der Waals surface area contributed by atoms with E-state index in [2.05, 4.69) is 53.9 Å². The normalized spacial score (nSPS) is 12.9. The zero-order valence-corrected chi connectivity index (χ0v) is 12.0. The van der Waals surface area contributed by atoms with E-state index in [1.54, 1.807) is 6.92 Å². The third-order valence-corrected chi connectivity index (χ3v) is 3.20. The Balaban J connectivity index is 2.88. The summed E-state index contributed by atoms with van der Waals surface area (Å²) in [5.41, 5.74) is 2.10. The average molecular weight is 286 g/mol. The molecule has 0 heterocycles. The van der Waals surface area contributed by atoms with Crippen LogP contribution in [0.4, 0.5) is 5.69 Å². The lowest BCUT2D eigenvalue weighted by Crippen LogP contribution is -2.22. The fourth-order valence-electron chi connectivity index (χ4n) is 1.75. The third kappa shape index (κ3) is 3.49. The van der Waals surface area contributed by atoms with Crippen LogP contribution in [0.3, 0.4) is 0 Å². The van der Waals surface area contributed by atoms with Crippen LogP contribution in [0.1, 0.15) is 32.4 Å². The number of anilines is 1. The Morgan fingerprint density at radius 3 is 2.38 bits per heavy atom. The number of halogens is 1. The van der Waals surface area contributed by atoms with Gasteiger partial charge in [-0.15, -0.1) is 0 Å². The molecule has 0 unspecified atom stereocenters. The molecule has 16 heavy (non-hydrogen) atoms. The van der Waals surface area contributed by atoms with Gasteiger partial charge in [-0.3, -0.25) is 0 Å². The highest BCUT2D eigenvalue weighted by atomic mass is 79.9. The molecule has 1 N–H and O–H groups in total. The van der Waals surface area contributed by atoms with Crippen LogP contribution in [0.2, 0.25) is 0 Å². The molecule has 0 saturated heterocycles. The van der Waals surface area contributed by atoms with E-state index in [0.29, 0.717) is 5.92 Å². The Kier molecular flexibility index (Phi) is 4.81. The summed E-state index contributed by atoms with van der Waals surface area (Å²) in [6.45, 7) is 7.21. The second-order valence-corrected chi connectivity index (χ2v) is 5.51. The van der Waals surface area contributed by atoms with E-state index in [1.165, 1.54) is 5.69 Å². The number of nitrogens with zero attached hydrogens (tertiary/aromatic N) is 1. The van der Waals surface area contributed by atoms with E-state index in [1.807, 2.05) is 6.07 Å². The van der Waals surface area contributed by atoms with Crippen molar-refractivity contribution in [2.75, 3.05) is 18.5 Å². The molecule has 3 heteroatoms. The average Bonchev–Trinajstić information content (AvgIpc) is 2.15. The van der Waals surface area contributed by atoms with Gasteiger partial charge in [-0.25, -0.2) is 0 Å². The molecule has 0 aliphatic rings. The standard InChI is InChI=1S/C13H20BrNO/c1-9(2)8-15(4)11-5-6-12(10(3)16)13(14)7-11/h5-7,9-10,16H,8H2,1-4H3/t10-/m0/s1. The van der Waals surface area contributed by atoms with Crippen molar-refractivity contribution in [3.05, 3.63) is 28.2 Å². The first kappa shape index (κ1) is 13.5. The van der Waals surface area contributed by atoms with Crippen LogP contribution in [0.5, 0.6) is 0 Å². The maximum absolute atomic E-state index is 9.54. The first-order valence-electron chi connectivity index (χ1n) is 5.60. The van der Waals surface area contributed by atoms with Crippen LogP contribution < -0.4 is 4.90 Å². The molecule has 0 spiro atoms. The maximum Gasteiger partial charge on any atom is 0.0772 e. The molecule has 0 saturated carbocycles. The molecule has 1 atom stereocenters. The summed E-state index contributed by atoms with van der Waals surface area (Å²) in [4.78, 5) is 2.22. The molecule has 1 aromatic carbocycles. The molecule has 0 fully saturated rings. The number of hydrogen-bond donors (Lipinski definition) is 1. The predicted octanol–water partition coefficient (Wildman–Crippen LogP) is 3.59. The van der Waals surface area contributed by atoms with Crippen molar-refractivity contribution in [1.82, 2.24) is 0 Å². The molecule has 0 amide bonds. The van der Waals surface area contributed by atoms with Crippen molar-refractivity contribution >= 4 is 21.6 Å². The number of benzene rings is 1. The van der Waals surface area contributed by atoms with Gasteiger partial charge in [0.1, 0.15) is 0 Å². The zero-order chi connectivity index (χ0) is 12.3. The Morgan fingerprint density at radius 1 is 1.31 bits per heavy atom. The van der Waals surface area contributed by atoms with Crippen LogP contribution in [-0.4, -0.2) is 18.7 Å². The molecule has 0 radical (unpaired) electrons. The summed E-state index contributed by atoms with van der Waals surface area (Å²) < 4.78 is 0.968. The van der Waals surface area contributed by atoms with E-state index < -0.39 is 6.10 Å². The third-order valence-electron chi connectivity index (χ3n) is 2.51. The van der Waals surface area contributed by atoms with Gasteiger partial charge < -0.3 is 10.0 Å². The Morgan fingerprint density at radius 2 is 1.94 bits per heavy atom. The highest BCUT2D eigenvalue weighted by Gasteiger charge is 2.09. The van der Waals surface area contributed by atoms with Crippen molar-refractivity contribution in [3.8, 4) is 0 Å². The molecule has 0 bridgehead atoms. The first-order valence-corrected chi connectivity index (χ1v) is 6.39. The molecule has 0 aromatic heterocycles. The van der Waals surface area contributed by atoms with E-state index in [4.69, 9.17) is 0 Å². The molecule has 0 aliphatic carbocycles. The van der Waals surface area contributed by atoms with Gasteiger partial charge in [-0.2, -0.15) is 0 Å². The molecular weight excluding hydrogens is 266 g/mol. The lowest BCUT2D eigenvalue weighted by atomic mass is 10.1. The van der Waals surface area contributed by atoms with Gasteiger partial charge in [0.15, 0.2) is 0 Å². The Bertz CT molecular complexity index is 350. The van der Waals surface area contributed by atoms with Crippen LogP contribution in [0.25, 0.3) is 0 Å². The second kappa shape index (κ2) is 5.69. The number of aliphatic hydroxyl groups is 1. The van der Waals surface area contributed by atoms with E-state index in [0.717, 1.165) is 16.6 Å². The minimum Gasteiger partial charge on any atom is -0.389 e. The van der Waals surface area contributed by atoms with Crippen LogP contribution in [0.15, 0.2) is 22.7 Å². The van der Waals surface area contributed by atoms with Crippen LogP contribution in [-0.2, 0) is 0 Å². The fraction of sp³-hybridized carbons (Fsp3) is 0.538. The summed E-state index contributed by atoms with van der Waals surface area (Å²) in [7, 11) is 2.09. The van der Waals surface area contributed by atoms with Gasteiger partial charge >= 0.3 is 0 Å². The molecule has 0 aliphatic heterocycles. The predicted molar refractivity (Wildman–Crippen MR) is 72.9 cm³/mol. The van der Waals surface area contributed by atoms with Gasteiger partial charge in [0.25, 0.3) is 0 Å². The highest BCUT2D eigenvalue weighted by molar-refractivity contribution is 9.10. The second-order valence-electron chi connectivity index (χ2n) is 4.66. The largest absolute Gasteiger partial charge is 0.389 e. The molecule has 1 aromatic rings. The first-order chi connectivity index (χ1) is 7.41. The van der Waals surface area contributed by atoms with Gasteiger partial charge in [0.05, 0.1) is 6.10 Å². The zero-order valence-electron chi connectivity index (χ0n) is 10.4. The summed E-state index contributed by atoms with van der Waals surface area (Å²) in [6, 6.07) is 6.08. The maximum atomic E-state index is 9.54. The molecular formula is C13H20BrNO. The SMILES string of the molecule is CC(C)CN(C)c1ccc([C@H](C)O)c(Br)c1. The van der Waals surface area contributed by atoms with Crippen LogP contribution >= 0.6 is 15.9 Å². The molecule has 1 rings (SSSR count). The minimum atomic E-state index is -0.432. The van der Waals surface area contributed by atoms with Crippen molar-refractivity contribution in [2.24, 2.45) is 5.92 Å². The van der Waals surface area contributed by atoms with Crippen molar-refractivity contribution in [2.45, 2.75) is 26.9 Å².